The normalized spacial score (nSPS) is 10.9. The van der Waals surface area contributed by atoms with E-state index >= 15 is 0 Å². The first-order valence-corrected chi connectivity index (χ1v) is 10.7. The van der Waals surface area contributed by atoms with E-state index in [1.54, 1.807) is 36.4 Å². The highest BCUT2D eigenvalue weighted by Crippen LogP contribution is 2.32. The summed E-state index contributed by atoms with van der Waals surface area (Å²) >= 11 is 25.7. The fourth-order valence-corrected chi connectivity index (χ4v) is 4.26. The molecule has 1 aromatic heterocycles. The maximum atomic E-state index is 12.3. The van der Waals surface area contributed by atoms with Gasteiger partial charge in [0.25, 0.3) is 0 Å². The van der Waals surface area contributed by atoms with E-state index < -0.39 is 0 Å². The predicted octanol–water partition coefficient (Wildman–Crippen LogP) is 6.31. The van der Waals surface area contributed by atoms with Gasteiger partial charge in [0.05, 0.1) is 26.5 Å². The number of carbonyl (C=O) groups excluding carboxylic acids is 1. The van der Waals surface area contributed by atoms with E-state index in [-0.39, 0.29) is 11.7 Å². The number of thioether (sulfide) groups is 1. The lowest BCUT2D eigenvalue weighted by Crippen LogP contribution is -2.15. The molecule has 0 aliphatic rings. The van der Waals surface area contributed by atoms with Crippen LogP contribution in [0, 0.1) is 0 Å². The van der Waals surface area contributed by atoms with E-state index in [9.17, 15) is 4.79 Å². The van der Waals surface area contributed by atoms with Gasteiger partial charge in [-0.15, -0.1) is 10.2 Å². The fraction of sp³-hybridized carbons (Fsp3) is 0.167. The molecule has 0 atom stereocenters. The molecule has 0 saturated carbocycles. The zero-order valence-electron chi connectivity index (χ0n) is 14.5. The number of nitrogens with zero attached hydrogens (tertiary/aromatic N) is 3. The van der Waals surface area contributed by atoms with Gasteiger partial charge in [-0.05, 0) is 37.3 Å². The highest BCUT2D eigenvalue weighted by atomic mass is 35.5. The van der Waals surface area contributed by atoms with Gasteiger partial charge in [-0.25, -0.2) is 0 Å². The summed E-state index contributed by atoms with van der Waals surface area (Å²) in [6.45, 7) is 2.58. The van der Waals surface area contributed by atoms with Gasteiger partial charge in [0.1, 0.15) is 0 Å². The number of aromatic nitrogens is 3. The maximum Gasteiger partial charge on any atom is 0.234 e. The van der Waals surface area contributed by atoms with E-state index in [1.165, 1.54) is 11.8 Å². The summed E-state index contributed by atoms with van der Waals surface area (Å²) in [5.41, 5.74) is 1.11. The molecule has 0 aliphatic carbocycles. The van der Waals surface area contributed by atoms with Crippen LogP contribution in [-0.4, -0.2) is 26.4 Å². The molecule has 1 amide bonds. The molecule has 28 heavy (non-hydrogen) atoms. The topological polar surface area (TPSA) is 59.8 Å². The number of rotatable bonds is 6. The van der Waals surface area contributed by atoms with Crippen LogP contribution >= 0.6 is 58.2 Å². The summed E-state index contributed by atoms with van der Waals surface area (Å²) in [5.74, 6) is 0.478. The number of nitrogens with one attached hydrogen (secondary N) is 1. The SMILES string of the molecule is CCn1c(SCC(=O)Nc2c(Cl)cccc2Cl)nnc1-c1ccc(Cl)cc1Cl. The summed E-state index contributed by atoms with van der Waals surface area (Å²) in [6.07, 6.45) is 0. The number of anilines is 1. The molecule has 3 aromatic rings. The Morgan fingerprint density at radius 1 is 1.07 bits per heavy atom. The summed E-state index contributed by atoms with van der Waals surface area (Å²) < 4.78 is 1.88. The van der Waals surface area contributed by atoms with Crippen molar-refractivity contribution in [2.75, 3.05) is 11.1 Å². The summed E-state index contributed by atoms with van der Waals surface area (Å²) in [4.78, 5) is 12.3. The average molecular weight is 476 g/mol. The van der Waals surface area contributed by atoms with Crippen molar-refractivity contribution < 1.29 is 4.79 Å². The maximum absolute atomic E-state index is 12.3. The second-order valence-electron chi connectivity index (χ2n) is 5.61. The molecule has 1 N–H and O–H groups in total. The number of carbonyl (C=O) groups is 1. The molecule has 146 valence electrons. The van der Waals surface area contributed by atoms with Crippen LogP contribution in [0.2, 0.25) is 20.1 Å². The van der Waals surface area contributed by atoms with Crippen LogP contribution in [0.15, 0.2) is 41.6 Å². The number of hydrogen-bond donors (Lipinski definition) is 1. The van der Waals surface area contributed by atoms with Gasteiger partial charge in [-0.2, -0.15) is 0 Å². The minimum atomic E-state index is -0.253. The van der Waals surface area contributed by atoms with E-state index in [1.807, 2.05) is 11.5 Å². The molecular weight excluding hydrogens is 462 g/mol. The third-order valence-electron chi connectivity index (χ3n) is 3.76. The molecule has 0 spiro atoms. The Kier molecular flexibility index (Phi) is 7.12. The van der Waals surface area contributed by atoms with E-state index in [0.717, 1.165) is 5.56 Å². The summed E-state index contributed by atoms with van der Waals surface area (Å²) in [6, 6.07) is 10.2. The monoisotopic (exact) mass is 474 g/mol. The third-order valence-corrected chi connectivity index (χ3v) is 5.91. The lowest BCUT2D eigenvalue weighted by atomic mass is 10.2. The smallest absolute Gasteiger partial charge is 0.234 e. The molecule has 1 heterocycles. The molecule has 5 nitrogen and oxygen atoms in total. The van der Waals surface area contributed by atoms with Crippen molar-refractivity contribution in [3.63, 3.8) is 0 Å². The second kappa shape index (κ2) is 9.37. The molecule has 0 radical (unpaired) electrons. The van der Waals surface area contributed by atoms with Crippen LogP contribution in [-0.2, 0) is 11.3 Å². The van der Waals surface area contributed by atoms with Crippen molar-refractivity contribution in [1.82, 2.24) is 14.8 Å². The number of benzene rings is 2. The van der Waals surface area contributed by atoms with Crippen molar-refractivity contribution in [2.24, 2.45) is 0 Å². The minimum Gasteiger partial charge on any atom is -0.323 e. The lowest BCUT2D eigenvalue weighted by Gasteiger charge is -2.10. The first-order chi connectivity index (χ1) is 13.4. The number of amides is 1. The zero-order valence-corrected chi connectivity index (χ0v) is 18.4. The van der Waals surface area contributed by atoms with Crippen LogP contribution in [0.25, 0.3) is 11.4 Å². The molecule has 10 heteroatoms. The molecular formula is C18H14Cl4N4OS. The Balaban J connectivity index is 1.75. The van der Waals surface area contributed by atoms with Crippen molar-refractivity contribution in [3.8, 4) is 11.4 Å². The number of para-hydroxylation sites is 1. The molecule has 0 unspecified atom stereocenters. The van der Waals surface area contributed by atoms with Crippen molar-refractivity contribution in [1.29, 1.82) is 0 Å². The highest BCUT2D eigenvalue weighted by Gasteiger charge is 2.17. The van der Waals surface area contributed by atoms with Gasteiger partial charge in [0, 0.05) is 17.1 Å². The Morgan fingerprint density at radius 3 is 2.43 bits per heavy atom. The Morgan fingerprint density at radius 2 is 1.79 bits per heavy atom. The minimum absolute atomic E-state index is 0.119. The molecule has 3 rings (SSSR count). The largest absolute Gasteiger partial charge is 0.323 e. The predicted molar refractivity (Wildman–Crippen MR) is 117 cm³/mol. The van der Waals surface area contributed by atoms with E-state index in [0.29, 0.717) is 43.3 Å². The quantitative estimate of drug-likeness (QED) is 0.424. The lowest BCUT2D eigenvalue weighted by molar-refractivity contribution is -0.113. The van der Waals surface area contributed by atoms with Gasteiger partial charge in [0.15, 0.2) is 11.0 Å². The van der Waals surface area contributed by atoms with Crippen molar-refractivity contribution >= 4 is 69.8 Å². The first-order valence-electron chi connectivity index (χ1n) is 8.16. The average Bonchev–Trinajstić information content (AvgIpc) is 3.06. The first kappa shape index (κ1) is 21.3. The van der Waals surface area contributed by atoms with E-state index in [4.69, 9.17) is 46.4 Å². The van der Waals surface area contributed by atoms with Gasteiger partial charge < -0.3 is 9.88 Å². The van der Waals surface area contributed by atoms with Crippen LogP contribution in [0.5, 0.6) is 0 Å². The van der Waals surface area contributed by atoms with Gasteiger partial charge in [-0.3, -0.25) is 4.79 Å². The molecule has 2 aromatic carbocycles. The fourth-order valence-electron chi connectivity index (χ4n) is 2.47. The van der Waals surface area contributed by atoms with Gasteiger partial charge >= 0.3 is 0 Å². The van der Waals surface area contributed by atoms with Crippen molar-refractivity contribution in [2.45, 2.75) is 18.6 Å². The molecule has 0 saturated heterocycles. The third kappa shape index (κ3) is 4.75. The van der Waals surface area contributed by atoms with Crippen LogP contribution in [0.4, 0.5) is 5.69 Å². The number of halogens is 4. The molecule has 0 fully saturated rings. The van der Waals surface area contributed by atoms with E-state index in [2.05, 4.69) is 15.5 Å². The highest BCUT2D eigenvalue weighted by molar-refractivity contribution is 7.99. The molecule has 0 aliphatic heterocycles. The summed E-state index contributed by atoms with van der Waals surface area (Å²) in [5, 5.41) is 13.5. The zero-order chi connectivity index (χ0) is 20.3. The van der Waals surface area contributed by atoms with Crippen molar-refractivity contribution in [3.05, 3.63) is 56.5 Å². The van der Waals surface area contributed by atoms with Gasteiger partial charge in [-0.1, -0.05) is 64.2 Å². The Hall–Kier alpha value is -1.44. The van der Waals surface area contributed by atoms with Crippen LogP contribution in [0.1, 0.15) is 6.92 Å². The van der Waals surface area contributed by atoms with Crippen LogP contribution in [0.3, 0.4) is 0 Å². The van der Waals surface area contributed by atoms with Crippen LogP contribution < -0.4 is 5.32 Å². The Bertz CT molecular complexity index is 1000. The standard InChI is InChI=1S/C18H14Cl4N4OS/c1-2-26-17(11-7-6-10(19)8-14(11)22)24-25-18(26)28-9-15(27)23-16-12(20)4-3-5-13(16)21/h3-8H,2,9H2,1H3,(H,23,27). The number of hydrogen-bond acceptors (Lipinski definition) is 4. The molecule has 0 bridgehead atoms. The second-order valence-corrected chi connectivity index (χ2v) is 8.21. The Labute approximate surface area is 186 Å². The summed E-state index contributed by atoms with van der Waals surface area (Å²) in [7, 11) is 0. The van der Waals surface area contributed by atoms with Gasteiger partial charge in [0.2, 0.25) is 5.91 Å².